The van der Waals surface area contributed by atoms with Crippen molar-refractivity contribution in [1.82, 2.24) is 0 Å². The number of carbonyl (C=O) groups is 6. The Morgan fingerprint density at radius 3 is 0.807 bits per heavy atom. The first-order chi connectivity index (χ1) is 26.5. The van der Waals surface area contributed by atoms with Crippen LogP contribution in [0.4, 0.5) is 14.4 Å². The Bertz CT molecular complexity index is 1640. The van der Waals surface area contributed by atoms with Crippen LogP contribution in [-0.4, -0.2) is 56.2 Å². The van der Waals surface area contributed by atoms with Crippen LogP contribution in [0.5, 0.6) is 0 Å². The minimum atomic E-state index is -1.52. The van der Waals surface area contributed by atoms with Crippen LogP contribution in [0.3, 0.4) is 0 Å². The average Bonchev–Trinajstić information content (AvgIpc) is 3.17. The second kappa shape index (κ2) is 19.2. The molecule has 3 aromatic carbocycles. The van der Waals surface area contributed by atoms with E-state index in [1.165, 1.54) is 36.4 Å². The van der Waals surface area contributed by atoms with Crippen molar-refractivity contribution in [2.75, 3.05) is 19.8 Å². The number of hydrogen-bond donors (Lipinski definition) is 0. The maximum atomic E-state index is 12.5. The maximum Gasteiger partial charge on any atom is 0.549 e. The van der Waals surface area contributed by atoms with Gasteiger partial charge in [-0.05, 0) is 75.8 Å². The molecule has 308 valence electrons. The van der Waals surface area contributed by atoms with E-state index in [0.29, 0.717) is 0 Å². The predicted octanol–water partition coefficient (Wildman–Crippen LogP) is 9.05. The Labute approximate surface area is 331 Å². The lowest BCUT2D eigenvalue weighted by Crippen LogP contribution is -2.39. The lowest BCUT2D eigenvalue weighted by molar-refractivity contribution is -0.217. The lowest BCUT2D eigenvalue weighted by atomic mass is 9.87. The normalized spacial score (nSPS) is 11.7. The van der Waals surface area contributed by atoms with Gasteiger partial charge in [0.15, 0.2) is 0 Å². The molecule has 0 heterocycles. The van der Waals surface area contributed by atoms with Crippen molar-refractivity contribution in [3.63, 3.8) is 0 Å². The summed E-state index contributed by atoms with van der Waals surface area (Å²) in [5, 5.41) is 0. The highest BCUT2D eigenvalue weighted by atomic mass is 17.2. The van der Waals surface area contributed by atoms with Gasteiger partial charge in [0.1, 0.15) is 19.8 Å². The zero-order chi connectivity index (χ0) is 42.6. The van der Waals surface area contributed by atoms with Gasteiger partial charge in [-0.25, -0.2) is 43.7 Å². The van der Waals surface area contributed by atoms with Crippen molar-refractivity contribution in [2.24, 2.45) is 5.41 Å². The second-order valence-corrected chi connectivity index (χ2v) is 16.3. The monoisotopic (exact) mass is 794 g/mol. The van der Waals surface area contributed by atoms with Crippen LogP contribution in [0, 0.1) is 5.41 Å². The number of carbonyl (C=O) groups excluding carboxylic acids is 6. The third kappa shape index (κ3) is 14.2. The van der Waals surface area contributed by atoms with Gasteiger partial charge in [0.2, 0.25) is 0 Å². The van der Waals surface area contributed by atoms with E-state index in [-0.39, 0.29) is 39.4 Å². The predicted molar refractivity (Wildman–Crippen MR) is 202 cm³/mol. The van der Waals surface area contributed by atoms with Gasteiger partial charge in [0, 0.05) is 0 Å². The molecule has 3 aromatic rings. The summed E-state index contributed by atoms with van der Waals surface area (Å²) in [4.78, 5) is 102. The molecule has 57 heavy (non-hydrogen) atoms. The van der Waals surface area contributed by atoms with Crippen molar-refractivity contribution < 1.29 is 72.3 Å². The maximum absolute atomic E-state index is 12.5. The molecular weight excluding hydrogens is 744 g/mol. The number of hydrogen-bond acceptors (Lipinski definition) is 15. The fourth-order valence-corrected chi connectivity index (χ4v) is 4.82. The molecule has 3 rings (SSSR count). The van der Waals surface area contributed by atoms with Gasteiger partial charge in [0.05, 0.1) is 22.1 Å². The van der Waals surface area contributed by atoms with Gasteiger partial charge in [-0.15, -0.1) is 0 Å². The molecule has 0 fully saturated rings. The van der Waals surface area contributed by atoms with Gasteiger partial charge in [-0.2, -0.15) is 14.4 Å². The Morgan fingerprint density at radius 2 is 0.614 bits per heavy atom. The Kier molecular flexibility index (Phi) is 15.2. The van der Waals surface area contributed by atoms with Gasteiger partial charge in [0.25, 0.3) is 0 Å². The Morgan fingerprint density at radius 1 is 0.386 bits per heavy atom. The van der Waals surface area contributed by atoms with Crippen LogP contribution in [0.2, 0.25) is 0 Å². The molecule has 0 unspecified atom stereocenters. The summed E-state index contributed by atoms with van der Waals surface area (Å²) >= 11 is 0. The van der Waals surface area contributed by atoms with Crippen LogP contribution in [-0.2, 0) is 59.8 Å². The second-order valence-electron chi connectivity index (χ2n) is 16.3. The standard InChI is InChI=1S/C42H50O15/c1-11-42(24-49-36(46)55-52-33(43)27-12-18-30(19-13-27)39(2,3)4,25-50-37(47)56-53-34(44)28-14-20-31(21-15-28)40(5,6)7)26-51-38(48)57-54-35(45)29-16-22-32(23-17-29)41(8,9)10/h12-23H,11,24-26H2,1-10H3. The van der Waals surface area contributed by atoms with E-state index in [1.54, 1.807) is 43.3 Å². The van der Waals surface area contributed by atoms with Gasteiger partial charge >= 0.3 is 36.4 Å². The molecule has 0 aliphatic heterocycles. The first-order valence-corrected chi connectivity index (χ1v) is 18.0. The smallest absolute Gasteiger partial charge is 0.431 e. The Hall–Kier alpha value is -6.12. The van der Waals surface area contributed by atoms with Crippen LogP contribution in [0.25, 0.3) is 0 Å². The molecule has 0 aromatic heterocycles. The van der Waals surface area contributed by atoms with Crippen LogP contribution in [0.15, 0.2) is 72.8 Å². The first-order valence-electron chi connectivity index (χ1n) is 18.0. The van der Waals surface area contributed by atoms with Crippen LogP contribution < -0.4 is 0 Å². The highest BCUT2D eigenvalue weighted by Gasteiger charge is 2.36. The van der Waals surface area contributed by atoms with Gasteiger partial charge in [-0.1, -0.05) is 106 Å². The molecule has 15 nitrogen and oxygen atoms in total. The van der Waals surface area contributed by atoms with Crippen molar-refractivity contribution >= 4 is 36.4 Å². The molecule has 0 atom stereocenters. The number of ether oxygens (including phenoxy) is 3. The fourth-order valence-electron chi connectivity index (χ4n) is 4.82. The molecule has 0 saturated heterocycles. The Balaban J connectivity index is 1.62. The molecule has 0 aliphatic rings. The highest BCUT2D eigenvalue weighted by Crippen LogP contribution is 2.27. The van der Waals surface area contributed by atoms with E-state index < -0.39 is 61.6 Å². The molecule has 0 radical (unpaired) electrons. The fraction of sp³-hybridized carbons (Fsp3) is 0.429. The van der Waals surface area contributed by atoms with Crippen molar-refractivity contribution in [1.29, 1.82) is 0 Å². The average molecular weight is 795 g/mol. The van der Waals surface area contributed by atoms with Gasteiger partial charge < -0.3 is 14.2 Å². The summed E-state index contributed by atoms with van der Waals surface area (Å²) in [6.07, 6.45) is -4.39. The minimum absolute atomic E-state index is 0.000575. The van der Waals surface area contributed by atoms with E-state index in [2.05, 4.69) is 29.3 Å². The van der Waals surface area contributed by atoms with Crippen molar-refractivity contribution in [3.8, 4) is 0 Å². The molecule has 0 saturated carbocycles. The van der Waals surface area contributed by atoms with E-state index in [9.17, 15) is 28.8 Å². The van der Waals surface area contributed by atoms with Crippen molar-refractivity contribution in [3.05, 3.63) is 106 Å². The minimum Gasteiger partial charge on any atom is -0.431 e. The van der Waals surface area contributed by atoms with E-state index in [4.69, 9.17) is 14.2 Å². The zero-order valence-corrected chi connectivity index (χ0v) is 33.9. The first kappa shape index (κ1) is 45.3. The molecular formula is C42H50O15. The molecule has 0 amide bonds. The van der Waals surface area contributed by atoms with Crippen molar-refractivity contribution in [2.45, 2.75) is 91.9 Å². The lowest BCUT2D eigenvalue weighted by Gasteiger charge is -2.29. The van der Waals surface area contributed by atoms with E-state index in [0.717, 1.165) is 16.7 Å². The summed E-state index contributed by atoms with van der Waals surface area (Å²) in [6.45, 7) is 17.6. The molecule has 0 N–H and O–H groups in total. The molecule has 0 spiro atoms. The number of benzene rings is 3. The summed E-state index contributed by atoms with van der Waals surface area (Å²) < 4.78 is 15.4. The third-order valence-electron chi connectivity index (χ3n) is 8.75. The van der Waals surface area contributed by atoms with E-state index >= 15 is 0 Å². The summed E-state index contributed by atoms with van der Waals surface area (Å²) in [6, 6.07) is 19.4. The van der Waals surface area contributed by atoms with Gasteiger partial charge in [-0.3, -0.25) is 0 Å². The highest BCUT2D eigenvalue weighted by molar-refractivity contribution is 5.90. The number of rotatable bonds is 10. The molecule has 0 bridgehead atoms. The van der Waals surface area contributed by atoms with Crippen LogP contribution >= 0.6 is 0 Å². The molecule has 15 heteroatoms. The summed E-state index contributed by atoms with van der Waals surface area (Å²) in [7, 11) is 0. The quantitative estimate of drug-likeness (QED) is 0.0818. The largest absolute Gasteiger partial charge is 0.549 e. The SMILES string of the molecule is CCC(COC(=O)OOC(=O)c1ccc(C(C)(C)C)cc1)(COC(=O)OOC(=O)c1ccc(C(C)(C)C)cc1)COC(=O)OOC(=O)c1ccc(C(C)(C)C)cc1. The summed E-state index contributed by atoms with van der Waals surface area (Å²) in [5.41, 5.74) is 1.16. The zero-order valence-electron chi connectivity index (χ0n) is 33.9. The third-order valence-corrected chi connectivity index (χ3v) is 8.75. The summed E-state index contributed by atoms with van der Waals surface area (Å²) in [5.74, 6) is -2.94. The molecule has 0 aliphatic carbocycles. The van der Waals surface area contributed by atoms with E-state index in [1.807, 2.05) is 62.3 Å². The topological polar surface area (TPSA) is 185 Å². The van der Waals surface area contributed by atoms with Crippen LogP contribution in [0.1, 0.15) is 123 Å².